The number of benzene rings is 1. The molecule has 0 aliphatic rings. The summed E-state index contributed by atoms with van der Waals surface area (Å²) in [6.45, 7) is 4.38. The lowest BCUT2D eigenvalue weighted by Gasteiger charge is -2.24. The van der Waals surface area contributed by atoms with Gasteiger partial charge in [-0.2, -0.15) is 0 Å². The van der Waals surface area contributed by atoms with Crippen LogP contribution in [-0.4, -0.2) is 15.0 Å². The summed E-state index contributed by atoms with van der Waals surface area (Å²) in [7, 11) is -3.56. The van der Waals surface area contributed by atoms with Gasteiger partial charge in [0.25, 0.3) is 10.0 Å². The van der Waals surface area contributed by atoms with Crippen molar-refractivity contribution in [3.8, 4) is 0 Å². The maximum atomic E-state index is 12.9. The summed E-state index contributed by atoms with van der Waals surface area (Å²) in [5, 5.41) is 0. The van der Waals surface area contributed by atoms with Crippen LogP contribution in [0.25, 0.3) is 0 Å². The molecule has 0 aliphatic carbocycles. The summed E-state index contributed by atoms with van der Waals surface area (Å²) in [5.74, 6) is 0. The highest BCUT2D eigenvalue weighted by molar-refractivity contribution is 7.94. The van der Waals surface area contributed by atoms with Crippen molar-refractivity contribution in [1.82, 2.24) is 0 Å². The molecule has 114 valence electrons. The molecule has 4 nitrogen and oxygen atoms in total. The first-order chi connectivity index (χ1) is 10.0. The Bertz CT molecular complexity index is 708. The first-order valence-corrected chi connectivity index (χ1v) is 9.22. The zero-order valence-electron chi connectivity index (χ0n) is 12.2. The predicted octanol–water partition coefficient (Wildman–Crippen LogP) is 3.50. The molecular formula is C15H20N2O2S2. The third-order valence-corrected chi connectivity index (χ3v) is 6.67. The van der Waals surface area contributed by atoms with E-state index >= 15 is 0 Å². The number of para-hydroxylation sites is 2. The van der Waals surface area contributed by atoms with Crippen molar-refractivity contribution in [1.29, 1.82) is 0 Å². The van der Waals surface area contributed by atoms with Gasteiger partial charge in [-0.25, -0.2) is 8.42 Å². The molecule has 6 heteroatoms. The molecule has 0 atom stereocenters. The van der Waals surface area contributed by atoms with Gasteiger partial charge in [-0.3, -0.25) is 4.31 Å². The maximum absolute atomic E-state index is 12.9. The molecule has 0 fully saturated rings. The molecule has 1 aromatic carbocycles. The number of aryl methyl sites for hydroxylation is 1. The first kappa shape index (κ1) is 15.9. The lowest BCUT2D eigenvalue weighted by Crippen LogP contribution is -2.31. The van der Waals surface area contributed by atoms with Crippen LogP contribution in [0.3, 0.4) is 0 Å². The van der Waals surface area contributed by atoms with Crippen molar-refractivity contribution in [3.63, 3.8) is 0 Å². The fraction of sp³-hybridized carbons (Fsp3) is 0.333. The van der Waals surface area contributed by atoms with Crippen LogP contribution in [-0.2, 0) is 16.4 Å². The molecule has 1 aromatic heterocycles. The molecule has 0 unspecified atom stereocenters. The molecule has 2 rings (SSSR count). The molecule has 2 aromatic rings. The molecule has 0 bridgehead atoms. The summed E-state index contributed by atoms with van der Waals surface area (Å²) in [5.41, 5.74) is 6.98. The fourth-order valence-electron chi connectivity index (χ4n) is 2.08. The highest BCUT2D eigenvalue weighted by Crippen LogP contribution is 2.32. The second-order valence-electron chi connectivity index (χ2n) is 4.71. The van der Waals surface area contributed by atoms with E-state index in [1.807, 2.05) is 19.9 Å². The molecule has 0 radical (unpaired) electrons. The second kappa shape index (κ2) is 6.49. The van der Waals surface area contributed by atoms with E-state index in [0.29, 0.717) is 22.1 Å². The quantitative estimate of drug-likeness (QED) is 0.827. The summed E-state index contributed by atoms with van der Waals surface area (Å²) < 4.78 is 27.6. The van der Waals surface area contributed by atoms with Crippen molar-refractivity contribution in [2.75, 3.05) is 16.6 Å². The normalized spacial score (nSPS) is 11.5. The van der Waals surface area contributed by atoms with E-state index in [1.54, 1.807) is 30.3 Å². The molecule has 0 amide bonds. The molecule has 2 N–H and O–H groups in total. The van der Waals surface area contributed by atoms with E-state index in [4.69, 9.17) is 5.73 Å². The minimum Gasteiger partial charge on any atom is -0.397 e. The summed E-state index contributed by atoms with van der Waals surface area (Å²) in [4.78, 5) is 1.06. The number of nitrogens with zero attached hydrogens (tertiary/aromatic N) is 1. The van der Waals surface area contributed by atoms with Crippen LogP contribution >= 0.6 is 11.3 Å². The fourth-order valence-corrected chi connectivity index (χ4v) is 5.08. The van der Waals surface area contributed by atoms with E-state index in [9.17, 15) is 8.42 Å². The third kappa shape index (κ3) is 3.22. The zero-order chi connectivity index (χ0) is 15.5. The van der Waals surface area contributed by atoms with E-state index in [2.05, 4.69) is 0 Å². The van der Waals surface area contributed by atoms with Gasteiger partial charge >= 0.3 is 0 Å². The number of hydrogen-bond donors (Lipinski definition) is 1. The Hall–Kier alpha value is -1.53. The predicted molar refractivity (Wildman–Crippen MR) is 89.4 cm³/mol. The van der Waals surface area contributed by atoms with Crippen LogP contribution in [0.4, 0.5) is 11.4 Å². The van der Waals surface area contributed by atoms with E-state index in [-0.39, 0.29) is 0 Å². The SMILES string of the molecule is CCCN(c1ccccc1N)S(=O)(=O)c1ccc(CC)s1. The van der Waals surface area contributed by atoms with Crippen molar-refractivity contribution in [2.24, 2.45) is 0 Å². The maximum Gasteiger partial charge on any atom is 0.273 e. The van der Waals surface area contributed by atoms with Gasteiger partial charge in [0.05, 0.1) is 11.4 Å². The zero-order valence-corrected chi connectivity index (χ0v) is 13.9. The van der Waals surface area contributed by atoms with Crippen LogP contribution in [0.15, 0.2) is 40.6 Å². The average molecular weight is 324 g/mol. The van der Waals surface area contributed by atoms with Crippen LogP contribution in [0, 0.1) is 0 Å². The topological polar surface area (TPSA) is 63.4 Å². The van der Waals surface area contributed by atoms with E-state index in [0.717, 1.165) is 17.7 Å². The molecule has 1 heterocycles. The summed E-state index contributed by atoms with van der Waals surface area (Å²) >= 11 is 1.32. The lowest BCUT2D eigenvalue weighted by molar-refractivity contribution is 0.592. The molecule has 21 heavy (non-hydrogen) atoms. The van der Waals surface area contributed by atoms with Gasteiger partial charge in [0.1, 0.15) is 4.21 Å². The monoisotopic (exact) mass is 324 g/mol. The van der Waals surface area contributed by atoms with Crippen LogP contribution in [0.5, 0.6) is 0 Å². The van der Waals surface area contributed by atoms with Gasteiger partial charge in [0.2, 0.25) is 0 Å². The van der Waals surface area contributed by atoms with Gasteiger partial charge in [0, 0.05) is 11.4 Å². The highest BCUT2D eigenvalue weighted by atomic mass is 32.2. The van der Waals surface area contributed by atoms with Gasteiger partial charge in [-0.15, -0.1) is 11.3 Å². The third-order valence-electron chi connectivity index (χ3n) is 3.16. The van der Waals surface area contributed by atoms with E-state index < -0.39 is 10.0 Å². The standard InChI is InChI=1S/C15H20N2O2S2/c1-3-11-17(14-8-6-5-7-13(14)16)21(18,19)15-10-9-12(4-2)20-15/h5-10H,3-4,11,16H2,1-2H3. The number of thiophene rings is 1. The molecule has 0 saturated carbocycles. The molecular weight excluding hydrogens is 304 g/mol. The number of nitrogen functional groups attached to an aromatic ring is 1. The Morgan fingerprint density at radius 3 is 2.43 bits per heavy atom. The van der Waals surface area contributed by atoms with Crippen molar-refractivity contribution in [2.45, 2.75) is 30.9 Å². The van der Waals surface area contributed by atoms with E-state index in [1.165, 1.54) is 15.6 Å². The Labute approximate surface area is 130 Å². The Morgan fingerprint density at radius 2 is 1.86 bits per heavy atom. The first-order valence-electron chi connectivity index (χ1n) is 6.96. The van der Waals surface area contributed by atoms with Crippen LogP contribution < -0.4 is 10.0 Å². The summed E-state index contributed by atoms with van der Waals surface area (Å²) in [6, 6.07) is 10.6. The van der Waals surface area contributed by atoms with Crippen molar-refractivity contribution in [3.05, 3.63) is 41.3 Å². The largest absolute Gasteiger partial charge is 0.397 e. The minimum atomic E-state index is -3.56. The molecule has 0 saturated heterocycles. The van der Waals surface area contributed by atoms with Gasteiger partial charge in [-0.1, -0.05) is 26.0 Å². The Kier molecular flexibility index (Phi) is 4.90. The lowest BCUT2D eigenvalue weighted by atomic mass is 10.2. The van der Waals surface area contributed by atoms with Crippen LogP contribution in [0.2, 0.25) is 0 Å². The minimum absolute atomic E-state index is 0.371. The number of anilines is 2. The highest BCUT2D eigenvalue weighted by Gasteiger charge is 2.27. The van der Waals surface area contributed by atoms with Crippen LogP contribution in [0.1, 0.15) is 25.1 Å². The van der Waals surface area contributed by atoms with Gasteiger partial charge in [0.15, 0.2) is 0 Å². The number of rotatable bonds is 6. The molecule has 0 aliphatic heterocycles. The Balaban J connectivity index is 2.48. The van der Waals surface area contributed by atoms with Gasteiger partial charge < -0.3 is 5.73 Å². The summed E-state index contributed by atoms with van der Waals surface area (Å²) in [6.07, 6.45) is 1.56. The number of nitrogens with two attached hydrogens (primary N) is 1. The van der Waals surface area contributed by atoms with Crippen molar-refractivity contribution >= 4 is 32.7 Å². The van der Waals surface area contributed by atoms with Crippen molar-refractivity contribution < 1.29 is 8.42 Å². The number of sulfonamides is 1. The van der Waals surface area contributed by atoms with Gasteiger partial charge in [-0.05, 0) is 37.1 Å². The smallest absolute Gasteiger partial charge is 0.273 e. The average Bonchev–Trinajstić information content (AvgIpc) is 2.95. The number of hydrogen-bond acceptors (Lipinski definition) is 4. The Morgan fingerprint density at radius 1 is 1.14 bits per heavy atom. The molecule has 0 spiro atoms. The second-order valence-corrected chi connectivity index (χ2v) is 7.97.